The Morgan fingerprint density at radius 3 is 2.56 bits per heavy atom. The molecule has 0 spiro atoms. The number of hydrogen-bond acceptors (Lipinski definition) is 5. The maximum absolute atomic E-state index is 13.0. The van der Waals surface area contributed by atoms with Gasteiger partial charge in [0.15, 0.2) is 0 Å². The van der Waals surface area contributed by atoms with Crippen LogP contribution in [0.4, 0.5) is 16.2 Å². The Balaban J connectivity index is 1.43. The number of amides is 2. The molecule has 0 aromatic heterocycles. The molecule has 1 heterocycles. The van der Waals surface area contributed by atoms with E-state index in [1.807, 2.05) is 67.6 Å². The minimum Gasteiger partial charge on any atom is -0.392 e. The molecule has 7 nitrogen and oxygen atoms in total. The number of piperidine rings is 1. The van der Waals surface area contributed by atoms with E-state index in [0.29, 0.717) is 24.2 Å². The van der Waals surface area contributed by atoms with Crippen LogP contribution in [0, 0.1) is 6.92 Å². The molecule has 3 aromatic carbocycles. The van der Waals surface area contributed by atoms with E-state index in [-0.39, 0.29) is 18.6 Å². The molecule has 1 atom stereocenters. The maximum Gasteiger partial charge on any atom is 0.0684 e. The molecule has 39 heavy (non-hydrogen) atoms. The van der Waals surface area contributed by atoms with Crippen molar-refractivity contribution in [2.75, 3.05) is 33.6 Å². The summed E-state index contributed by atoms with van der Waals surface area (Å²) in [6.45, 7) is 3.79. The van der Waals surface area contributed by atoms with Crippen LogP contribution >= 0.6 is 20.1 Å². The first-order valence-corrected chi connectivity index (χ1v) is 18.5. The molecule has 3 N–H and O–H groups in total. The SMILES string of the molecule is Cc1cc(NC(=O)CCc2ccc(-c3ccccc3)c(NC(=O)OC3CCCN(I(C)C)C3)c2)ccc1CO. The van der Waals surface area contributed by atoms with Gasteiger partial charge in [-0.15, -0.1) is 0 Å². The molecule has 4 rings (SSSR count). The van der Waals surface area contributed by atoms with Crippen molar-refractivity contribution in [3.05, 3.63) is 83.4 Å². The zero-order chi connectivity index (χ0) is 27.8. The number of aliphatic hydroxyl groups is 1. The molecule has 1 unspecified atom stereocenters. The molecule has 1 fully saturated rings. The molecule has 3 aromatic rings. The average molecular weight is 644 g/mol. The number of ether oxygens (including phenoxy) is 1. The molecule has 0 radical (unpaired) electrons. The zero-order valence-corrected chi connectivity index (χ0v) is 25.0. The molecule has 0 saturated carbocycles. The van der Waals surface area contributed by atoms with Gasteiger partial charge in [-0.25, -0.2) is 0 Å². The van der Waals surface area contributed by atoms with Crippen LogP contribution in [-0.4, -0.2) is 49.3 Å². The summed E-state index contributed by atoms with van der Waals surface area (Å²) in [6.07, 6.45) is 2.22. The quantitative estimate of drug-likeness (QED) is 0.142. The van der Waals surface area contributed by atoms with Gasteiger partial charge in [-0.1, -0.05) is 6.07 Å². The van der Waals surface area contributed by atoms with Crippen molar-refractivity contribution in [3.63, 3.8) is 0 Å². The van der Waals surface area contributed by atoms with Crippen molar-refractivity contribution in [2.45, 2.75) is 45.3 Å². The smallest absolute Gasteiger partial charge is 0.0684 e. The predicted octanol–water partition coefficient (Wildman–Crippen LogP) is 6.42. The number of aliphatic hydroxyl groups excluding tert-OH is 1. The van der Waals surface area contributed by atoms with Crippen LogP contribution in [0.3, 0.4) is 0 Å². The Labute approximate surface area is 238 Å². The van der Waals surface area contributed by atoms with Gasteiger partial charge in [0, 0.05) is 5.69 Å². The summed E-state index contributed by atoms with van der Waals surface area (Å²) in [7, 11) is 0. The van der Waals surface area contributed by atoms with Gasteiger partial charge >= 0.3 is 176 Å². The van der Waals surface area contributed by atoms with Crippen molar-refractivity contribution in [2.24, 2.45) is 0 Å². The first-order chi connectivity index (χ1) is 18.8. The number of benzene rings is 3. The van der Waals surface area contributed by atoms with E-state index in [1.54, 1.807) is 6.07 Å². The van der Waals surface area contributed by atoms with Crippen LogP contribution in [0.1, 0.15) is 36.0 Å². The van der Waals surface area contributed by atoms with Gasteiger partial charge in [0.1, 0.15) is 0 Å². The van der Waals surface area contributed by atoms with E-state index >= 15 is 0 Å². The Morgan fingerprint density at radius 2 is 1.85 bits per heavy atom. The largest absolute Gasteiger partial charge is 0.392 e. The summed E-state index contributed by atoms with van der Waals surface area (Å²) in [5.74, 6) is -0.0942. The van der Waals surface area contributed by atoms with Gasteiger partial charge in [-0.2, -0.15) is 0 Å². The molecular formula is C31H38IN3O4. The molecule has 8 heteroatoms. The first kappa shape index (κ1) is 29.0. The van der Waals surface area contributed by atoms with E-state index in [0.717, 1.165) is 53.7 Å². The van der Waals surface area contributed by atoms with Gasteiger partial charge in [0.05, 0.1) is 6.61 Å². The average Bonchev–Trinajstić information content (AvgIpc) is 2.92. The van der Waals surface area contributed by atoms with Gasteiger partial charge < -0.3 is 10.4 Å². The van der Waals surface area contributed by atoms with E-state index in [1.165, 1.54) is 0 Å². The number of nitrogens with one attached hydrogen (secondary N) is 2. The van der Waals surface area contributed by atoms with Crippen LogP contribution in [0.5, 0.6) is 0 Å². The number of carbonyl (C=O) groups excluding carboxylic acids is 2. The monoisotopic (exact) mass is 643 g/mol. The Morgan fingerprint density at radius 1 is 1.05 bits per heavy atom. The number of anilines is 2. The fraction of sp³-hybridized carbons (Fsp3) is 0.355. The zero-order valence-electron chi connectivity index (χ0n) is 22.9. The maximum atomic E-state index is 13.0. The van der Waals surface area contributed by atoms with Crippen molar-refractivity contribution in [1.29, 1.82) is 0 Å². The summed E-state index contributed by atoms with van der Waals surface area (Å²) in [4.78, 5) is 30.3. The van der Waals surface area contributed by atoms with Crippen LogP contribution in [-0.2, 0) is 22.6 Å². The fourth-order valence-corrected chi connectivity index (χ4v) is 7.27. The van der Waals surface area contributed by atoms with Crippen LogP contribution in [0.15, 0.2) is 66.7 Å². The third-order valence-corrected chi connectivity index (χ3v) is 10.5. The molecule has 1 aliphatic rings. The number of carbonyl (C=O) groups is 2. The van der Waals surface area contributed by atoms with E-state index in [4.69, 9.17) is 4.74 Å². The van der Waals surface area contributed by atoms with Crippen LogP contribution in [0.25, 0.3) is 11.1 Å². The first-order valence-electron chi connectivity index (χ1n) is 13.2. The molecule has 0 aliphatic carbocycles. The third kappa shape index (κ3) is 8.27. The van der Waals surface area contributed by atoms with Crippen molar-refractivity contribution < 1.29 is 19.4 Å². The molecule has 0 bridgehead atoms. The number of nitrogens with zero attached hydrogens (tertiary/aromatic N) is 1. The molecule has 1 aliphatic heterocycles. The summed E-state index contributed by atoms with van der Waals surface area (Å²) >= 11 is -1.10. The summed E-state index contributed by atoms with van der Waals surface area (Å²) in [6, 6.07) is 21.3. The number of aryl methyl sites for hydroxylation is 2. The molecular weight excluding hydrogens is 605 g/mol. The number of rotatable bonds is 9. The number of halogens is 1. The second-order valence-corrected chi connectivity index (χ2v) is 15.4. The predicted molar refractivity (Wildman–Crippen MR) is 166 cm³/mol. The Hall–Kier alpha value is -2.95. The van der Waals surface area contributed by atoms with Gasteiger partial charge in [-0.3, -0.25) is 4.79 Å². The van der Waals surface area contributed by atoms with Crippen LogP contribution < -0.4 is 10.6 Å². The minimum absolute atomic E-state index is 0.0260. The number of hydrogen-bond donors (Lipinski definition) is 3. The standard InChI is InChI=1S/C31H38IN3O4/c1-22-18-26(14-13-25(22)21-36)33-30(37)16-12-23-11-15-28(24-8-5-4-6-9-24)29(19-23)34-31(38)39-27-10-7-17-35(20-27)32(2)3/h4-6,8-9,11,13-15,18-19,27,36H,7,10,12,16-17,20-21H2,1-3H3,(H,33,37)(H,34,38). The van der Waals surface area contributed by atoms with Crippen molar-refractivity contribution >= 4 is 43.5 Å². The van der Waals surface area contributed by atoms with Gasteiger partial charge in [0.2, 0.25) is 0 Å². The third-order valence-electron chi connectivity index (χ3n) is 6.92. The van der Waals surface area contributed by atoms with E-state index in [9.17, 15) is 14.7 Å². The number of alkyl halides is 2. The second-order valence-electron chi connectivity index (χ2n) is 9.97. The van der Waals surface area contributed by atoms with Crippen molar-refractivity contribution in [1.82, 2.24) is 3.11 Å². The minimum atomic E-state index is -1.10. The Bertz CT molecular complexity index is 1280. The van der Waals surface area contributed by atoms with Gasteiger partial charge in [0.25, 0.3) is 0 Å². The van der Waals surface area contributed by atoms with E-state index < -0.39 is 26.2 Å². The second kappa shape index (κ2) is 13.9. The topological polar surface area (TPSA) is 90.9 Å². The van der Waals surface area contributed by atoms with E-state index in [2.05, 4.69) is 23.6 Å². The van der Waals surface area contributed by atoms with Crippen molar-refractivity contribution in [3.8, 4) is 11.1 Å². The fourth-order valence-electron chi connectivity index (χ4n) is 4.74. The normalized spacial score (nSPS) is 15.9. The molecule has 2 amide bonds. The molecule has 1 saturated heterocycles. The summed E-state index contributed by atoms with van der Waals surface area (Å²) < 4.78 is 8.35. The van der Waals surface area contributed by atoms with Crippen LogP contribution in [0.2, 0.25) is 0 Å². The molecule has 208 valence electrons. The summed E-state index contributed by atoms with van der Waals surface area (Å²) in [5.41, 5.74) is 6.00. The summed E-state index contributed by atoms with van der Waals surface area (Å²) in [5, 5.41) is 15.3. The van der Waals surface area contributed by atoms with Gasteiger partial charge in [-0.05, 0) is 30.2 Å². The Kier molecular flexibility index (Phi) is 10.4.